The van der Waals surface area contributed by atoms with Gasteiger partial charge in [-0.05, 0) is 19.3 Å². The molecule has 0 nitrogen and oxygen atoms in total. The number of halogens is 1. The average molecular weight is 161 g/mol. The lowest BCUT2D eigenvalue weighted by atomic mass is 10.3. The van der Waals surface area contributed by atoms with E-state index in [4.69, 9.17) is 0 Å². The van der Waals surface area contributed by atoms with Crippen molar-refractivity contribution in [2.45, 2.75) is 24.1 Å². The van der Waals surface area contributed by atoms with Crippen LogP contribution in [0.4, 0.5) is 0 Å². The molecule has 1 aliphatic carbocycles. The Morgan fingerprint density at radius 2 is 2.43 bits per heavy atom. The highest BCUT2D eigenvalue weighted by Crippen LogP contribution is 2.28. The molecule has 0 spiro atoms. The Morgan fingerprint density at radius 3 is 2.57 bits per heavy atom. The van der Waals surface area contributed by atoms with Crippen molar-refractivity contribution in [2.75, 3.05) is 0 Å². The summed E-state index contributed by atoms with van der Waals surface area (Å²) in [6, 6.07) is 0. The summed E-state index contributed by atoms with van der Waals surface area (Å²) < 4.78 is 0. The second-order valence-corrected chi connectivity index (χ2v) is 3.39. The minimum atomic E-state index is 0.736. The third kappa shape index (κ3) is 1.30. The first-order valence-corrected chi connectivity index (χ1v) is 3.51. The molecule has 1 heteroatoms. The van der Waals surface area contributed by atoms with Crippen molar-refractivity contribution in [3.05, 3.63) is 12.2 Å². The predicted octanol–water partition coefficient (Wildman–Crippen LogP) is 2.49. The summed E-state index contributed by atoms with van der Waals surface area (Å²) >= 11 is 3.52. The van der Waals surface area contributed by atoms with Crippen molar-refractivity contribution in [2.24, 2.45) is 0 Å². The number of allylic oxidation sites excluding steroid dienone is 1. The summed E-state index contributed by atoms with van der Waals surface area (Å²) in [6.07, 6.45) is 3.72. The molecule has 7 heavy (non-hydrogen) atoms. The van der Waals surface area contributed by atoms with Gasteiger partial charge in [-0.1, -0.05) is 28.1 Å². The van der Waals surface area contributed by atoms with Gasteiger partial charge in [-0.25, -0.2) is 0 Å². The minimum absolute atomic E-state index is 0.736. The molecule has 0 amide bonds. The van der Waals surface area contributed by atoms with Crippen LogP contribution >= 0.6 is 15.9 Å². The zero-order valence-electron chi connectivity index (χ0n) is 4.28. The van der Waals surface area contributed by atoms with E-state index in [1.807, 2.05) is 0 Å². The second kappa shape index (κ2) is 1.99. The lowest BCUT2D eigenvalue weighted by molar-refractivity contribution is 0.921. The molecule has 0 N–H and O–H groups in total. The smallest absolute Gasteiger partial charge is 0.0185 e. The van der Waals surface area contributed by atoms with Crippen LogP contribution < -0.4 is 0 Å². The van der Waals surface area contributed by atoms with Gasteiger partial charge in [0.15, 0.2) is 0 Å². The van der Waals surface area contributed by atoms with Crippen LogP contribution in [0.3, 0.4) is 0 Å². The predicted molar refractivity (Wildman–Crippen MR) is 35.7 cm³/mol. The molecule has 0 aromatic heterocycles. The van der Waals surface area contributed by atoms with Gasteiger partial charge in [-0.15, -0.1) is 0 Å². The van der Waals surface area contributed by atoms with Crippen molar-refractivity contribution in [1.29, 1.82) is 0 Å². The molecule has 0 aromatic carbocycles. The van der Waals surface area contributed by atoms with Crippen molar-refractivity contribution in [1.82, 2.24) is 0 Å². The lowest BCUT2D eigenvalue weighted by Gasteiger charge is -1.89. The van der Waals surface area contributed by atoms with Crippen LogP contribution in [0.1, 0.15) is 19.3 Å². The first kappa shape index (κ1) is 5.36. The van der Waals surface area contributed by atoms with Crippen LogP contribution in [-0.4, -0.2) is 4.83 Å². The molecule has 40 valence electrons. The normalized spacial score (nSPS) is 31.6. The van der Waals surface area contributed by atoms with Crippen LogP contribution in [0.2, 0.25) is 0 Å². The van der Waals surface area contributed by atoms with E-state index in [1.54, 1.807) is 0 Å². The molecule has 1 fully saturated rings. The van der Waals surface area contributed by atoms with E-state index in [0.29, 0.717) is 0 Å². The zero-order chi connectivity index (χ0) is 5.28. The summed E-state index contributed by atoms with van der Waals surface area (Å²) in [7, 11) is 0. The lowest BCUT2D eigenvalue weighted by Crippen LogP contribution is -1.82. The molecule has 1 aliphatic rings. The molecule has 0 aromatic rings. The molecule has 1 unspecified atom stereocenters. The largest absolute Gasteiger partial charge is 0.0998 e. The van der Waals surface area contributed by atoms with Gasteiger partial charge >= 0.3 is 0 Å². The van der Waals surface area contributed by atoms with Crippen LogP contribution in [0, 0.1) is 0 Å². The first-order chi connectivity index (χ1) is 3.29. The third-order valence-corrected chi connectivity index (χ3v) is 2.10. The Balaban J connectivity index is 2.40. The van der Waals surface area contributed by atoms with Gasteiger partial charge in [-0.3, -0.25) is 0 Å². The fraction of sp³-hybridized carbons (Fsp3) is 0.667. The number of rotatable bonds is 0. The molecular weight excluding hydrogens is 152 g/mol. The Morgan fingerprint density at radius 1 is 1.71 bits per heavy atom. The SMILES string of the molecule is C=C1CCC(Br)C1. The summed E-state index contributed by atoms with van der Waals surface area (Å²) in [6.45, 7) is 3.87. The molecule has 0 bridgehead atoms. The standard InChI is InChI=1S/C6H9Br/c1-5-2-3-6(7)4-5/h6H,1-4H2. The fourth-order valence-corrected chi connectivity index (χ4v) is 1.56. The molecule has 0 radical (unpaired) electrons. The maximum atomic E-state index is 3.87. The van der Waals surface area contributed by atoms with Gasteiger partial charge in [0.1, 0.15) is 0 Å². The van der Waals surface area contributed by atoms with Gasteiger partial charge in [0.2, 0.25) is 0 Å². The highest BCUT2D eigenvalue weighted by molar-refractivity contribution is 9.09. The van der Waals surface area contributed by atoms with E-state index in [0.717, 1.165) is 4.83 Å². The second-order valence-electron chi connectivity index (χ2n) is 2.09. The van der Waals surface area contributed by atoms with E-state index < -0.39 is 0 Å². The van der Waals surface area contributed by atoms with Gasteiger partial charge in [0, 0.05) is 4.83 Å². The quantitative estimate of drug-likeness (QED) is 0.378. The van der Waals surface area contributed by atoms with Gasteiger partial charge in [0.25, 0.3) is 0 Å². The summed E-state index contributed by atoms with van der Waals surface area (Å²) in [5.74, 6) is 0. The van der Waals surface area contributed by atoms with Crippen LogP contribution in [-0.2, 0) is 0 Å². The summed E-state index contributed by atoms with van der Waals surface area (Å²) in [4.78, 5) is 0.736. The molecular formula is C6H9Br. The number of hydrogen-bond acceptors (Lipinski definition) is 0. The Bertz CT molecular complexity index is 86.2. The van der Waals surface area contributed by atoms with Crippen molar-refractivity contribution in [3.8, 4) is 0 Å². The topological polar surface area (TPSA) is 0 Å². The average Bonchev–Trinajstić information content (AvgIpc) is 1.87. The summed E-state index contributed by atoms with van der Waals surface area (Å²) in [5.41, 5.74) is 1.40. The number of hydrogen-bond donors (Lipinski definition) is 0. The highest BCUT2D eigenvalue weighted by Gasteiger charge is 2.13. The molecule has 1 rings (SSSR count). The van der Waals surface area contributed by atoms with Crippen molar-refractivity contribution in [3.63, 3.8) is 0 Å². The van der Waals surface area contributed by atoms with Crippen LogP contribution in [0.5, 0.6) is 0 Å². The Labute approximate surface area is 52.7 Å². The van der Waals surface area contributed by atoms with Crippen molar-refractivity contribution < 1.29 is 0 Å². The maximum Gasteiger partial charge on any atom is 0.0185 e. The Hall–Kier alpha value is 0.220. The molecule has 0 heterocycles. The molecule has 0 saturated heterocycles. The number of alkyl halides is 1. The minimum Gasteiger partial charge on any atom is -0.0998 e. The fourth-order valence-electron chi connectivity index (χ4n) is 0.878. The highest BCUT2D eigenvalue weighted by atomic mass is 79.9. The Kier molecular flexibility index (Phi) is 1.53. The van der Waals surface area contributed by atoms with E-state index >= 15 is 0 Å². The van der Waals surface area contributed by atoms with Crippen LogP contribution in [0.25, 0.3) is 0 Å². The molecule has 0 aliphatic heterocycles. The first-order valence-electron chi connectivity index (χ1n) is 2.60. The van der Waals surface area contributed by atoms with E-state index in [1.165, 1.54) is 24.8 Å². The van der Waals surface area contributed by atoms with E-state index in [-0.39, 0.29) is 0 Å². The van der Waals surface area contributed by atoms with Crippen LogP contribution in [0.15, 0.2) is 12.2 Å². The third-order valence-electron chi connectivity index (χ3n) is 1.32. The van der Waals surface area contributed by atoms with E-state index in [9.17, 15) is 0 Å². The van der Waals surface area contributed by atoms with E-state index in [2.05, 4.69) is 22.5 Å². The van der Waals surface area contributed by atoms with Gasteiger partial charge in [0.05, 0.1) is 0 Å². The van der Waals surface area contributed by atoms with Gasteiger partial charge in [-0.2, -0.15) is 0 Å². The molecule has 1 atom stereocenters. The summed E-state index contributed by atoms with van der Waals surface area (Å²) in [5, 5.41) is 0. The van der Waals surface area contributed by atoms with Gasteiger partial charge < -0.3 is 0 Å². The zero-order valence-corrected chi connectivity index (χ0v) is 5.87. The monoisotopic (exact) mass is 160 g/mol. The molecule has 1 saturated carbocycles. The maximum absolute atomic E-state index is 3.87. The van der Waals surface area contributed by atoms with Crippen molar-refractivity contribution >= 4 is 15.9 Å².